The minimum Gasteiger partial charge on any atom is -0.479 e. The third-order valence-corrected chi connectivity index (χ3v) is 3.03. The highest BCUT2D eigenvalue weighted by Crippen LogP contribution is 2.29. The number of carboxylic acid groups (broad SMARTS) is 1. The first-order valence-corrected chi connectivity index (χ1v) is 4.47. The van der Waals surface area contributed by atoms with Crippen LogP contribution in [0.3, 0.4) is 0 Å². The van der Waals surface area contributed by atoms with Crippen molar-refractivity contribution in [3.8, 4) is 0 Å². The molecule has 4 heteroatoms. The highest BCUT2D eigenvalue weighted by Gasteiger charge is 2.40. The van der Waals surface area contributed by atoms with Gasteiger partial charge in [0, 0.05) is 0 Å². The number of hydrogen-bond acceptors (Lipinski definition) is 3. The number of aliphatic carboxylic acids is 1. The molecule has 0 amide bonds. The van der Waals surface area contributed by atoms with Gasteiger partial charge in [0.15, 0.2) is 4.87 Å². The molecule has 1 rings (SSSR count). The number of nitrogens with one attached hydrogen (secondary N) is 1. The molecule has 0 unspecified atom stereocenters. The predicted molar refractivity (Wildman–Crippen MR) is 41.1 cm³/mol. The molecule has 1 saturated heterocycles. The summed E-state index contributed by atoms with van der Waals surface area (Å²) in [5.41, 5.74) is 0. The molecule has 0 aromatic rings. The molecule has 0 bridgehead atoms. The zero-order valence-corrected chi connectivity index (χ0v) is 6.70. The summed E-state index contributed by atoms with van der Waals surface area (Å²) in [5.74, 6) is -0.738. The van der Waals surface area contributed by atoms with Crippen LogP contribution < -0.4 is 5.32 Å². The van der Waals surface area contributed by atoms with Gasteiger partial charge in [0.05, 0.1) is 0 Å². The summed E-state index contributed by atoms with van der Waals surface area (Å²) in [5, 5.41) is 11.8. The van der Waals surface area contributed by atoms with Crippen LogP contribution in [-0.4, -0.2) is 28.7 Å². The highest BCUT2D eigenvalue weighted by atomic mass is 32.2. The van der Waals surface area contributed by atoms with Crippen LogP contribution in [0.25, 0.3) is 0 Å². The Morgan fingerprint density at radius 1 is 1.80 bits per heavy atom. The monoisotopic (exact) mass is 161 g/mol. The molecule has 2 N–H and O–H groups in total. The summed E-state index contributed by atoms with van der Waals surface area (Å²) < 4.78 is 0. The highest BCUT2D eigenvalue weighted by molar-refractivity contribution is 8.00. The first-order valence-electron chi connectivity index (χ1n) is 3.25. The lowest BCUT2D eigenvalue weighted by atomic mass is 10.2. The SMILES string of the molecule is CS[C@@]1(C(=O)O)CCCN1. The van der Waals surface area contributed by atoms with E-state index in [1.165, 1.54) is 11.8 Å². The van der Waals surface area contributed by atoms with Crippen molar-refractivity contribution in [1.29, 1.82) is 0 Å². The maximum atomic E-state index is 10.7. The van der Waals surface area contributed by atoms with Gasteiger partial charge < -0.3 is 5.11 Å². The van der Waals surface area contributed by atoms with Crippen molar-refractivity contribution in [2.45, 2.75) is 17.7 Å². The number of carboxylic acids is 1. The molecule has 1 aliphatic heterocycles. The molecule has 0 aromatic carbocycles. The van der Waals surface area contributed by atoms with Crippen LogP contribution in [0.15, 0.2) is 0 Å². The van der Waals surface area contributed by atoms with Crippen LogP contribution in [0, 0.1) is 0 Å². The van der Waals surface area contributed by atoms with Crippen LogP contribution in [0.5, 0.6) is 0 Å². The fourth-order valence-corrected chi connectivity index (χ4v) is 1.93. The molecule has 1 fully saturated rings. The minimum atomic E-state index is -0.738. The molecule has 0 radical (unpaired) electrons. The average Bonchev–Trinajstić information content (AvgIpc) is 2.35. The van der Waals surface area contributed by atoms with Crippen LogP contribution >= 0.6 is 11.8 Å². The topological polar surface area (TPSA) is 49.3 Å². The van der Waals surface area contributed by atoms with E-state index in [2.05, 4.69) is 5.32 Å². The lowest BCUT2D eigenvalue weighted by Gasteiger charge is -2.20. The number of hydrogen-bond donors (Lipinski definition) is 2. The van der Waals surface area contributed by atoms with E-state index < -0.39 is 10.8 Å². The fraction of sp³-hybridized carbons (Fsp3) is 0.833. The molecule has 3 nitrogen and oxygen atoms in total. The standard InChI is InChI=1S/C6H11NO2S/c1-10-6(5(8)9)3-2-4-7-6/h7H,2-4H2,1H3,(H,8,9)/t6-/m1/s1. The Morgan fingerprint density at radius 3 is 2.70 bits per heavy atom. The summed E-state index contributed by atoms with van der Waals surface area (Å²) in [6, 6.07) is 0. The van der Waals surface area contributed by atoms with Crippen molar-refractivity contribution in [3.05, 3.63) is 0 Å². The number of rotatable bonds is 2. The van der Waals surface area contributed by atoms with Crippen molar-refractivity contribution in [1.82, 2.24) is 5.32 Å². The second-order valence-electron chi connectivity index (χ2n) is 2.37. The molecular formula is C6H11NO2S. The Balaban J connectivity index is 2.67. The predicted octanol–water partition coefficient (Wildman–Crippen LogP) is 0.514. The molecule has 0 spiro atoms. The minimum absolute atomic E-state index is 0.681. The van der Waals surface area contributed by atoms with E-state index in [1.807, 2.05) is 6.26 Å². The Bertz CT molecular complexity index is 143. The molecule has 10 heavy (non-hydrogen) atoms. The van der Waals surface area contributed by atoms with Gasteiger partial charge in [0.2, 0.25) is 0 Å². The first-order chi connectivity index (χ1) is 4.71. The van der Waals surface area contributed by atoms with Gasteiger partial charge in [0.25, 0.3) is 0 Å². The molecule has 1 aliphatic rings. The maximum absolute atomic E-state index is 10.7. The summed E-state index contributed by atoms with van der Waals surface area (Å²) in [6.07, 6.45) is 3.53. The molecule has 0 aliphatic carbocycles. The Morgan fingerprint density at radius 2 is 2.50 bits per heavy atom. The van der Waals surface area contributed by atoms with E-state index in [0.29, 0.717) is 0 Å². The van der Waals surface area contributed by atoms with Gasteiger partial charge >= 0.3 is 5.97 Å². The van der Waals surface area contributed by atoms with E-state index in [0.717, 1.165) is 19.4 Å². The second kappa shape index (κ2) is 2.80. The van der Waals surface area contributed by atoms with E-state index in [9.17, 15) is 4.79 Å². The lowest BCUT2D eigenvalue weighted by Crippen LogP contribution is -2.43. The maximum Gasteiger partial charge on any atom is 0.334 e. The largest absolute Gasteiger partial charge is 0.479 e. The summed E-state index contributed by atoms with van der Waals surface area (Å²) in [7, 11) is 0. The lowest BCUT2D eigenvalue weighted by molar-refractivity contribution is -0.140. The third-order valence-electron chi connectivity index (χ3n) is 1.81. The van der Waals surface area contributed by atoms with E-state index in [1.54, 1.807) is 0 Å². The van der Waals surface area contributed by atoms with Gasteiger partial charge in [-0.05, 0) is 25.6 Å². The van der Waals surface area contributed by atoms with Gasteiger partial charge in [-0.15, -0.1) is 11.8 Å². The Kier molecular flexibility index (Phi) is 2.21. The molecule has 58 valence electrons. The fourth-order valence-electron chi connectivity index (χ4n) is 1.16. The zero-order chi connectivity index (χ0) is 7.61. The van der Waals surface area contributed by atoms with Crippen molar-refractivity contribution in [3.63, 3.8) is 0 Å². The Labute approximate surface area is 64.2 Å². The normalized spacial score (nSPS) is 32.5. The zero-order valence-electron chi connectivity index (χ0n) is 5.89. The van der Waals surface area contributed by atoms with Gasteiger partial charge in [-0.3, -0.25) is 5.32 Å². The van der Waals surface area contributed by atoms with Crippen molar-refractivity contribution in [2.24, 2.45) is 0 Å². The quantitative estimate of drug-likeness (QED) is 0.619. The first kappa shape index (κ1) is 7.88. The second-order valence-corrected chi connectivity index (χ2v) is 3.47. The van der Waals surface area contributed by atoms with Crippen LogP contribution in [0.1, 0.15) is 12.8 Å². The summed E-state index contributed by atoms with van der Waals surface area (Å²) >= 11 is 1.38. The van der Waals surface area contributed by atoms with Gasteiger partial charge in [-0.25, -0.2) is 4.79 Å². The molecule has 1 heterocycles. The van der Waals surface area contributed by atoms with Crippen molar-refractivity contribution < 1.29 is 9.90 Å². The smallest absolute Gasteiger partial charge is 0.334 e. The van der Waals surface area contributed by atoms with E-state index >= 15 is 0 Å². The molecule has 0 saturated carbocycles. The van der Waals surface area contributed by atoms with Crippen molar-refractivity contribution in [2.75, 3.05) is 12.8 Å². The van der Waals surface area contributed by atoms with Crippen LogP contribution in [0.4, 0.5) is 0 Å². The average molecular weight is 161 g/mol. The van der Waals surface area contributed by atoms with Gasteiger partial charge in [0.1, 0.15) is 0 Å². The van der Waals surface area contributed by atoms with E-state index in [4.69, 9.17) is 5.11 Å². The van der Waals surface area contributed by atoms with E-state index in [-0.39, 0.29) is 0 Å². The molecule has 1 atom stereocenters. The molecular weight excluding hydrogens is 150 g/mol. The third kappa shape index (κ3) is 1.13. The van der Waals surface area contributed by atoms with Crippen molar-refractivity contribution >= 4 is 17.7 Å². The van der Waals surface area contributed by atoms with Crippen LogP contribution in [-0.2, 0) is 4.79 Å². The summed E-state index contributed by atoms with van der Waals surface area (Å²) in [6.45, 7) is 0.827. The number of thioether (sulfide) groups is 1. The molecule has 0 aromatic heterocycles. The van der Waals surface area contributed by atoms with Crippen LogP contribution in [0.2, 0.25) is 0 Å². The summed E-state index contributed by atoms with van der Waals surface area (Å²) in [4.78, 5) is 9.99. The van der Waals surface area contributed by atoms with Gasteiger partial charge in [-0.2, -0.15) is 0 Å². The van der Waals surface area contributed by atoms with Gasteiger partial charge in [-0.1, -0.05) is 0 Å². The Hall–Kier alpha value is -0.220. The number of carbonyl (C=O) groups is 1.